The van der Waals surface area contributed by atoms with Crippen LogP contribution in [0.25, 0.3) is 23.1 Å². The molecule has 2 nitrogen and oxygen atoms in total. The highest BCUT2D eigenvalue weighted by Crippen LogP contribution is 2.34. The second kappa shape index (κ2) is 9.36. The summed E-state index contributed by atoms with van der Waals surface area (Å²) in [6, 6.07) is 36.6. The second-order valence-electron chi connectivity index (χ2n) is 8.86. The van der Waals surface area contributed by atoms with Crippen LogP contribution in [0.1, 0.15) is 27.9 Å². The van der Waals surface area contributed by atoms with Gasteiger partial charge in [-0.15, -0.1) is 0 Å². The average Bonchev–Trinajstić information content (AvgIpc) is 2.86. The van der Waals surface area contributed by atoms with Gasteiger partial charge >= 0.3 is 0 Å². The first-order chi connectivity index (χ1) is 16.5. The predicted octanol–water partition coefficient (Wildman–Crippen LogP) is 8.80. The van der Waals surface area contributed by atoms with Crippen LogP contribution < -0.4 is 4.90 Å². The molecule has 34 heavy (non-hydrogen) atoms. The number of nitrogens with zero attached hydrogens (tertiary/aromatic N) is 2. The number of anilines is 3. The molecule has 0 aliphatic heterocycles. The van der Waals surface area contributed by atoms with Crippen molar-refractivity contribution in [3.8, 4) is 0 Å². The monoisotopic (exact) mass is 440 g/mol. The van der Waals surface area contributed by atoms with E-state index in [1.807, 2.05) is 0 Å². The molecule has 1 heterocycles. The average molecular weight is 441 g/mol. The minimum atomic E-state index is 0.960. The van der Waals surface area contributed by atoms with Crippen molar-refractivity contribution in [2.45, 2.75) is 20.8 Å². The fourth-order valence-electron chi connectivity index (χ4n) is 4.10. The number of benzene rings is 4. The smallest absolute Gasteiger partial charge is 0.0709 e. The van der Waals surface area contributed by atoms with E-state index in [2.05, 4.69) is 141 Å². The molecule has 0 unspecified atom stereocenters. The molecule has 5 rings (SSSR count). The lowest BCUT2D eigenvalue weighted by Crippen LogP contribution is -2.09. The molecule has 1 aromatic heterocycles. The molecule has 0 aliphatic rings. The summed E-state index contributed by atoms with van der Waals surface area (Å²) < 4.78 is 0. The van der Waals surface area contributed by atoms with E-state index in [4.69, 9.17) is 4.98 Å². The van der Waals surface area contributed by atoms with Crippen molar-refractivity contribution in [2.24, 2.45) is 0 Å². The van der Waals surface area contributed by atoms with Gasteiger partial charge in [0.25, 0.3) is 0 Å². The summed E-state index contributed by atoms with van der Waals surface area (Å²) in [6.45, 7) is 6.34. The van der Waals surface area contributed by atoms with Crippen LogP contribution in [0.2, 0.25) is 0 Å². The van der Waals surface area contributed by atoms with Gasteiger partial charge in [-0.05, 0) is 87.0 Å². The fourth-order valence-corrected chi connectivity index (χ4v) is 4.10. The normalized spacial score (nSPS) is 11.3. The Bertz CT molecular complexity index is 1400. The van der Waals surface area contributed by atoms with Gasteiger partial charge in [0.15, 0.2) is 0 Å². The lowest BCUT2D eigenvalue weighted by atomic mass is 10.1. The lowest BCUT2D eigenvalue weighted by Gasteiger charge is -2.25. The molecule has 0 saturated carbocycles. The third-order valence-corrected chi connectivity index (χ3v) is 6.05. The lowest BCUT2D eigenvalue weighted by molar-refractivity contribution is 1.27. The first-order valence-corrected chi connectivity index (χ1v) is 11.6. The Morgan fingerprint density at radius 2 is 1.06 bits per heavy atom. The molecule has 0 N–H and O–H groups in total. The topological polar surface area (TPSA) is 16.1 Å². The van der Waals surface area contributed by atoms with Crippen LogP contribution >= 0.6 is 0 Å². The molecular formula is C32H28N2. The number of aromatic nitrogens is 1. The first kappa shape index (κ1) is 21.7. The maximum Gasteiger partial charge on any atom is 0.0709 e. The summed E-state index contributed by atoms with van der Waals surface area (Å²) >= 11 is 0. The molecule has 5 aromatic rings. The summed E-state index contributed by atoms with van der Waals surface area (Å²) in [5.41, 5.74) is 10.3. The third kappa shape index (κ3) is 4.77. The van der Waals surface area contributed by atoms with E-state index >= 15 is 0 Å². The standard InChI is InChI=1S/C32H28N2/c1-23-4-15-29(16-5-23)34(30-17-6-24(2)7-18-30)31-19-10-26(11-20-31)9-13-28-14-12-27-22-25(3)8-21-32(27)33-28/h4-22H,1-3H3/b13-9+. The molecule has 2 heteroatoms. The molecule has 0 fully saturated rings. The van der Waals surface area contributed by atoms with Gasteiger partial charge in [-0.1, -0.05) is 71.3 Å². The Kier molecular flexibility index (Phi) is 5.97. The Morgan fingerprint density at radius 1 is 0.529 bits per heavy atom. The zero-order valence-electron chi connectivity index (χ0n) is 19.9. The van der Waals surface area contributed by atoms with Gasteiger partial charge in [0.05, 0.1) is 11.2 Å². The third-order valence-electron chi connectivity index (χ3n) is 6.05. The minimum absolute atomic E-state index is 0.960. The van der Waals surface area contributed by atoms with Crippen molar-refractivity contribution in [2.75, 3.05) is 4.90 Å². The number of rotatable bonds is 5. The Balaban J connectivity index is 1.43. The van der Waals surface area contributed by atoms with Crippen LogP contribution in [0.15, 0.2) is 103 Å². The Hall–Kier alpha value is -4.17. The summed E-state index contributed by atoms with van der Waals surface area (Å²) in [7, 11) is 0. The summed E-state index contributed by atoms with van der Waals surface area (Å²) in [4.78, 5) is 7.07. The van der Waals surface area contributed by atoms with Crippen molar-refractivity contribution in [1.29, 1.82) is 0 Å². The molecule has 4 aromatic carbocycles. The summed E-state index contributed by atoms with van der Waals surface area (Å²) in [6.07, 6.45) is 4.19. The van der Waals surface area contributed by atoms with E-state index in [1.54, 1.807) is 0 Å². The molecule has 166 valence electrons. The zero-order valence-corrected chi connectivity index (χ0v) is 19.9. The highest BCUT2D eigenvalue weighted by molar-refractivity contribution is 5.82. The molecule has 0 spiro atoms. The highest BCUT2D eigenvalue weighted by atomic mass is 15.1. The van der Waals surface area contributed by atoms with E-state index < -0.39 is 0 Å². The molecule has 0 radical (unpaired) electrons. The molecule has 0 aliphatic carbocycles. The predicted molar refractivity (Wildman–Crippen MR) is 146 cm³/mol. The highest BCUT2D eigenvalue weighted by Gasteiger charge is 2.12. The fraction of sp³-hybridized carbons (Fsp3) is 0.0938. The summed E-state index contributed by atoms with van der Waals surface area (Å²) in [5, 5.41) is 1.17. The first-order valence-electron chi connectivity index (χ1n) is 11.6. The Morgan fingerprint density at radius 3 is 1.65 bits per heavy atom. The van der Waals surface area contributed by atoms with E-state index in [0.717, 1.165) is 33.8 Å². The Labute approximate surface area is 201 Å². The molecule has 0 amide bonds. The largest absolute Gasteiger partial charge is 0.311 e. The van der Waals surface area contributed by atoms with Gasteiger partial charge in [-0.3, -0.25) is 0 Å². The van der Waals surface area contributed by atoms with Gasteiger partial charge in [-0.2, -0.15) is 0 Å². The van der Waals surface area contributed by atoms with Crippen LogP contribution in [0.3, 0.4) is 0 Å². The number of hydrogen-bond donors (Lipinski definition) is 0. The van der Waals surface area contributed by atoms with Crippen LogP contribution in [0.5, 0.6) is 0 Å². The van der Waals surface area contributed by atoms with E-state index in [0.29, 0.717) is 0 Å². The van der Waals surface area contributed by atoms with E-state index in [1.165, 1.54) is 22.1 Å². The van der Waals surface area contributed by atoms with Crippen LogP contribution in [0, 0.1) is 20.8 Å². The van der Waals surface area contributed by atoms with E-state index in [9.17, 15) is 0 Å². The molecular weight excluding hydrogens is 412 g/mol. The van der Waals surface area contributed by atoms with Gasteiger partial charge in [0.2, 0.25) is 0 Å². The number of hydrogen-bond acceptors (Lipinski definition) is 2. The molecule has 0 atom stereocenters. The maximum absolute atomic E-state index is 4.78. The van der Waals surface area contributed by atoms with Crippen molar-refractivity contribution in [3.05, 3.63) is 131 Å². The van der Waals surface area contributed by atoms with Gasteiger partial charge in [-0.25, -0.2) is 4.98 Å². The van der Waals surface area contributed by atoms with Crippen molar-refractivity contribution in [1.82, 2.24) is 4.98 Å². The summed E-state index contributed by atoms with van der Waals surface area (Å²) in [5.74, 6) is 0. The van der Waals surface area contributed by atoms with Crippen LogP contribution in [-0.4, -0.2) is 4.98 Å². The SMILES string of the molecule is Cc1ccc(N(c2ccc(C)cc2)c2ccc(/C=C/c3ccc4cc(C)ccc4n3)cc2)cc1. The molecule has 0 saturated heterocycles. The quantitative estimate of drug-likeness (QED) is 0.271. The number of fused-ring (bicyclic) bond motifs is 1. The number of pyridine rings is 1. The van der Waals surface area contributed by atoms with Crippen LogP contribution in [0.4, 0.5) is 17.1 Å². The van der Waals surface area contributed by atoms with Gasteiger partial charge < -0.3 is 4.90 Å². The van der Waals surface area contributed by atoms with Crippen molar-refractivity contribution >= 4 is 40.1 Å². The minimum Gasteiger partial charge on any atom is -0.311 e. The van der Waals surface area contributed by atoms with E-state index in [-0.39, 0.29) is 0 Å². The maximum atomic E-state index is 4.78. The van der Waals surface area contributed by atoms with Gasteiger partial charge in [0, 0.05) is 22.4 Å². The van der Waals surface area contributed by atoms with Gasteiger partial charge in [0.1, 0.15) is 0 Å². The van der Waals surface area contributed by atoms with Crippen molar-refractivity contribution in [3.63, 3.8) is 0 Å². The zero-order chi connectivity index (χ0) is 23.5. The molecule has 0 bridgehead atoms. The van der Waals surface area contributed by atoms with Crippen LogP contribution in [-0.2, 0) is 0 Å². The van der Waals surface area contributed by atoms with Crippen molar-refractivity contribution < 1.29 is 0 Å². The second-order valence-corrected chi connectivity index (χ2v) is 8.86. The number of aryl methyl sites for hydroxylation is 3.